The van der Waals surface area contributed by atoms with E-state index < -0.39 is 13.0 Å². The van der Waals surface area contributed by atoms with E-state index in [-0.39, 0.29) is 28.5 Å². The zero-order chi connectivity index (χ0) is 10.7. The summed E-state index contributed by atoms with van der Waals surface area (Å²) in [6, 6.07) is 1.21. The van der Waals surface area contributed by atoms with Gasteiger partial charge in [0.05, 0.1) is 12.3 Å². The van der Waals surface area contributed by atoms with Crippen LogP contribution in [0.4, 0.5) is 8.78 Å². The number of aromatic nitrogens is 1. The fourth-order valence-corrected chi connectivity index (χ4v) is 1.41. The van der Waals surface area contributed by atoms with Gasteiger partial charge < -0.3 is 10.8 Å². The average molecular weight is 223 g/mol. The fourth-order valence-electron chi connectivity index (χ4n) is 1.18. The molecule has 0 saturated carbocycles. The van der Waals surface area contributed by atoms with E-state index in [0.717, 1.165) is 0 Å². The first-order valence-corrected chi connectivity index (χ1v) is 4.25. The van der Waals surface area contributed by atoms with Crippen LogP contribution in [0.25, 0.3) is 0 Å². The molecule has 0 fully saturated rings. The lowest BCUT2D eigenvalue weighted by Gasteiger charge is -2.11. The van der Waals surface area contributed by atoms with Crippen LogP contribution in [0.5, 0.6) is 0 Å². The van der Waals surface area contributed by atoms with E-state index in [1.165, 1.54) is 6.07 Å². The van der Waals surface area contributed by atoms with Crippen LogP contribution in [0.2, 0.25) is 5.15 Å². The zero-order valence-corrected chi connectivity index (χ0v) is 7.93. The maximum Gasteiger partial charge on any atom is 0.266 e. The minimum Gasteiger partial charge on any atom is -0.392 e. The first-order chi connectivity index (χ1) is 6.60. The van der Waals surface area contributed by atoms with Crippen LogP contribution in [0.1, 0.15) is 23.2 Å². The molecule has 0 unspecified atom stereocenters. The summed E-state index contributed by atoms with van der Waals surface area (Å²) in [5.74, 6) is 0. The highest BCUT2D eigenvalue weighted by molar-refractivity contribution is 6.29. The fraction of sp³-hybridized carbons (Fsp3) is 0.375. The molecule has 0 aromatic carbocycles. The molecular weight excluding hydrogens is 214 g/mol. The summed E-state index contributed by atoms with van der Waals surface area (Å²) in [5, 5.41) is 8.91. The van der Waals surface area contributed by atoms with Gasteiger partial charge in [0.1, 0.15) is 5.15 Å². The molecule has 0 saturated heterocycles. The maximum absolute atomic E-state index is 12.5. The van der Waals surface area contributed by atoms with Gasteiger partial charge in [0.25, 0.3) is 6.43 Å². The molecule has 3 nitrogen and oxygen atoms in total. The molecular formula is C8H9ClF2N2O. The van der Waals surface area contributed by atoms with Gasteiger partial charge in [-0.15, -0.1) is 0 Å². The van der Waals surface area contributed by atoms with Crippen molar-refractivity contribution < 1.29 is 13.9 Å². The first-order valence-electron chi connectivity index (χ1n) is 3.87. The molecule has 6 heteroatoms. The molecule has 1 aromatic rings. The summed E-state index contributed by atoms with van der Waals surface area (Å²) in [4.78, 5) is 3.67. The van der Waals surface area contributed by atoms with E-state index in [4.69, 9.17) is 22.4 Å². The number of nitrogens with two attached hydrogens (primary N) is 1. The van der Waals surface area contributed by atoms with E-state index in [9.17, 15) is 8.78 Å². The van der Waals surface area contributed by atoms with Crippen molar-refractivity contribution in [2.24, 2.45) is 5.73 Å². The minimum absolute atomic E-state index is 0.0246. The molecule has 1 heterocycles. The molecule has 0 atom stereocenters. The van der Waals surface area contributed by atoms with E-state index in [2.05, 4.69) is 4.98 Å². The van der Waals surface area contributed by atoms with Gasteiger partial charge in [-0.25, -0.2) is 13.8 Å². The van der Waals surface area contributed by atoms with Gasteiger partial charge in [0.15, 0.2) is 0 Å². The molecule has 0 aliphatic carbocycles. The average Bonchev–Trinajstić information content (AvgIpc) is 2.15. The number of alkyl halides is 2. The van der Waals surface area contributed by atoms with Gasteiger partial charge in [-0.1, -0.05) is 11.6 Å². The van der Waals surface area contributed by atoms with Crippen LogP contribution >= 0.6 is 11.6 Å². The van der Waals surface area contributed by atoms with Crippen molar-refractivity contribution in [3.63, 3.8) is 0 Å². The second-order valence-corrected chi connectivity index (χ2v) is 3.01. The van der Waals surface area contributed by atoms with Crippen LogP contribution < -0.4 is 5.73 Å². The molecule has 0 bridgehead atoms. The minimum atomic E-state index is -2.71. The van der Waals surface area contributed by atoms with Crippen LogP contribution in [0.15, 0.2) is 6.07 Å². The lowest BCUT2D eigenvalue weighted by atomic mass is 10.1. The van der Waals surface area contributed by atoms with Crippen LogP contribution in [0, 0.1) is 0 Å². The summed E-state index contributed by atoms with van der Waals surface area (Å²) in [5.41, 5.74) is 5.02. The zero-order valence-electron chi connectivity index (χ0n) is 7.17. The van der Waals surface area contributed by atoms with Crippen LogP contribution in [-0.4, -0.2) is 10.1 Å². The molecule has 0 amide bonds. The smallest absolute Gasteiger partial charge is 0.266 e. The lowest BCUT2D eigenvalue weighted by Crippen LogP contribution is -2.08. The molecule has 0 radical (unpaired) electrons. The standard InChI is InChI=1S/C8H9ClF2N2O/c9-6-1-4(3-14)7(8(10)11)5(2-12)13-6/h1,8,14H,2-3,12H2. The third-order valence-electron chi connectivity index (χ3n) is 1.77. The maximum atomic E-state index is 12.5. The Bertz CT molecular complexity index is 308. The highest BCUT2D eigenvalue weighted by Gasteiger charge is 2.18. The molecule has 1 rings (SSSR count). The van der Waals surface area contributed by atoms with Gasteiger partial charge in [0.2, 0.25) is 0 Å². The summed E-state index contributed by atoms with van der Waals surface area (Å²) in [7, 11) is 0. The summed E-state index contributed by atoms with van der Waals surface area (Å²) in [6.45, 7) is -0.637. The number of hydrogen-bond acceptors (Lipinski definition) is 3. The number of rotatable bonds is 3. The van der Waals surface area contributed by atoms with E-state index in [1.807, 2.05) is 0 Å². The quantitative estimate of drug-likeness (QED) is 0.765. The molecule has 3 N–H and O–H groups in total. The molecule has 0 aliphatic rings. The Kier molecular flexibility index (Phi) is 3.74. The number of nitrogens with zero attached hydrogens (tertiary/aromatic N) is 1. The topological polar surface area (TPSA) is 59.1 Å². The first kappa shape index (κ1) is 11.3. The lowest BCUT2D eigenvalue weighted by molar-refractivity contribution is 0.145. The Morgan fingerprint density at radius 1 is 1.57 bits per heavy atom. The second-order valence-electron chi connectivity index (χ2n) is 2.63. The highest BCUT2D eigenvalue weighted by Crippen LogP contribution is 2.27. The summed E-state index contributed by atoms with van der Waals surface area (Å²) < 4.78 is 25.1. The Morgan fingerprint density at radius 2 is 2.21 bits per heavy atom. The van der Waals surface area contributed by atoms with Crippen LogP contribution in [0.3, 0.4) is 0 Å². The summed E-state index contributed by atoms with van der Waals surface area (Å²) >= 11 is 5.56. The Morgan fingerprint density at radius 3 is 2.64 bits per heavy atom. The predicted octanol–water partition coefficient (Wildman–Crippen LogP) is 1.62. The van der Waals surface area contributed by atoms with Crippen molar-refractivity contribution in [2.75, 3.05) is 0 Å². The molecule has 1 aromatic heterocycles. The van der Waals surface area contributed by atoms with Crippen LogP contribution in [-0.2, 0) is 13.2 Å². The van der Waals surface area contributed by atoms with Gasteiger partial charge in [-0.05, 0) is 11.6 Å². The Hall–Kier alpha value is -0.780. The highest BCUT2D eigenvalue weighted by atomic mass is 35.5. The molecule has 0 aliphatic heterocycles. The van der Waals surface area contributed by atoms with Crippen molar-refractivity contribution >= 4 is 11.6 Å². The normalized spacial score (nSPS) is 11.0. The molecule has 0 spiro atoms. The van der Waals surface area contributed by atoms with Gasteiger partial charge in [-0.2, -0.15) is 0 Å². The van der Waals surface area contributed by atoms with Crippen molar-refractivity contribution in [3.8, 4) is 0 Å². The van der Waals surface area contributed by atoms with Gasteiger partial charge in [0, 0.05) is 12.1 Å². The predicted molar refractivity (Wildman–Crippen MR) is 48.0 cm³/mol. The van der Waals surface area contributed by atoms with E-state index in [0.29, 0.717) is 0 Å². The van der Waals surface area contributed by atoms with Gasteiger partial charge in [-0.3, -0.25) is 0 Å². The van der Waals surface area contributed by atoms with E-state index >= 15 is 0 Å². The number of aliphatic hydroxyl groups is 1. The molecule has 14 heavy (non-hydrogen) atoms. The second kappa shape index (κ2) is 4.63. The largest absolute Gasteiger partial charge is 0.392 e. The van der Waals surface area contributed by atoms with Crippen molar-refractivity contribution in [2.45, 2.75) is 19.6 Å². The van der Waals surface area contributed by atoms with Crippen molar-refractivity contribution in [1.29, 1.82) is 0 Å². The number of hydrogen-bond donors (Lipinski definition) is 2. The van der Waals surface area contributed by atoms with Crippen molar-refractivity contribution in [1.82, 2.24) is 4.98 Å². The Labute approximate surface area is 84.5 Å². The third-order valence-corrected chi connectivity index (χ3v) is 1.97. The van der Waals surface area contributed by atoms with Crippen molar-refractivity contribution in [3.05, 3.63) is 28.0 Å². The van der Waals surface area contributed by atoms with Gasteiger partial charge >= 0.3 is 0 Å². The number of aliphatic hydroxyl groups excluding tert-OH is 1. The summed E-state index contributed by atoms with van der Waals surface area (Å²) in [6.07, 6.45) is -2.71. The Balaban J connectivity index is 3.33. The SMILES string of the molecule is NCc1nc(Cl)cc(CO)c1C(F)F. The number of halogens is 3. The number of pyridine rings is 1. The third kappa shape index (κ3) is 2.17. The van der Waals surface area contributed by atoms with E-state index in [1.54, 1.807) is 0 Å². The monoisotopic (exact) mass is 222 g/mol. The molecule has 78 valence electrons.